The number of para-hydroxylation sites is 1. The Morgan fingerprint density at radius 1 is 0.373 bits per heavy atom. The van der Waals surface area contributed by atoms with Crippen LogP contribution in [0.4, 0.5) is 0 Å². The summed E-state index contributed by atoms with van der Waals surface area (Å²) in [6.45, 7) is 0. The zero-order chi connectivity index (χ0) is 33.5. The Morgan fingerprint density at radius 3 is 1.86 bits per heavy atom. The van der Waals surface area contributed by atoms with Crippen LogP contribution in [0.1, 0.15) is 0 Å². The van der Waals surface area contributed by atoms with Crippen LogP contribution in [0.15, 0.2) is 162 Å². The molecule has 0 saturated carbocycles. The lowest BCUT2D eigenvalue weighted by Crippen LogP contribution is -2.01. The van der Waals surface area contributed by atoms with E-state index in [4.69, 9.17) is 19.4 Å². The average Bonchev–Trinajstić information content (AvgIpc) is 3.58. The van der Waals surface area contributed by atoms with Gasteiger partial charge >= 0.3 is 0 Å². The fraction of sp³-hybridized carbons (Fsp3) is 0. The summed E-state index contributed by atoms with van der Waals surface area (Å²) in [4.78, 5) is 20.3. The molecule has 0 radical (unpaired) electrons. The minimum absolute atomic E-state index is 0.598. The number of benzene rings is 8. The van der Waals surface area contributed by atoms with Gasteiger partial charge in [0.05, 0.1) is 11.7 Å². The summed E-state index contributed by atoms with van der Waals surface area (Å²) in [6, 6.07) is 52.9. The topological polar surface area (TPSA) is 64.7 Å². The van der Waals surface area contributed by atoms with Gasteiger partial charge in [0.1, 0.15) is 5.58 Å². The molecule has 0 N–H and O–H groups in total. The van der Waals surface area contributed by atoms with Gasteiger partial charge in [0.2, 0.25) is 0 Å². The molecule has 0 aliphatic carbocycles. The fourth-order valence-corrected chi connectivity index (χ4v) is 7.70. The maximum Gasteiger partial charge on any atom is 0.164 e. The smallest absolute Gasteiger partial charge is 0.164 e. The molecule has 0 aliphatic heterocycles. The summed E-state index contributed by atoms with van der Waals surface area (Å²) in [5.74, 6) is 1.84. The van der Waals surface area contributed by atoms with E-state index in [0.717, 1.165) is 65.7 Å². The van der Waals surface area contributed by atoms with Gasteiger partial charge in [-0.15, -0.1) is 0 Å². The number of hydrogen-bond acceptors (Lipinski definition) is 5. The molecule has 0 spiro atoms. The van der Waals surface area contributed by atoms with Gasteiger partial charge in [-0.05, 0) is 79.5 Å². The quantitative estimate of drug-likeness (QED) is 0.178. The summed E-state index contributed by atoms with van der Waals surface area (Å²) in [6.07, 6.45) is 1.81. The van der Waals surface area contributed by atoms with Crippen molar-refractivity contribution < 1.29 is 4.42 Å². The summed E-state index contributed by atoms with van der Waals surface area (Å²) in [5, 5.41) is 12.5. The van der Waals surface area contributed by atoms with E-state index in [1.165, 1.54) is 26.9 Å². The van der Waals surface area contributed by atoms with Crippen molar-refractivity contribution in [3.05, 3.63) is 158 Å². The molecule has 51 heavy (non-hydrogen) atoms. The molecular formula is C46H26N4O. The molecule has 3 aromatic heterocycles. The Kier molecular flexibility index (Phi) is 5.89. The molecule has 0 bridgehead atoms. The zero-order valence-electron chi connectivity index (χ0n) is 27.2. The molecule has 5 heteroatoms. The highest BCUT2D eigenvalue weighted by atomic mass is 16.3. The van der Waals surface area contributed by atoms with Gasteiger partial charge in [-0.3, -0.25) is 4.98 Å². The number of pyridine rings is 1. The van der Waals surface area contributed by atoms with E-state index in [9.17, 15) is 0 Å². The van der Waals surface area contributed by atoms with E-state index >= 15 is 0 Å². The highest BCUT2D eigenvalue weighted by Crippen LogP contribution is 2.40. The van der Waals surface area contributed by atoms with E-state index in [1.54, 1.807) is 0 Å². The van der Waals surface area contributed by atoms with Crippen LogP contribution >= 0.6 is 0 Å². The predicted octanol–water partition coefficient (Wildman–Crippen LogP) is 11.9. The van der Waals surface area contributed by atoms with E-state index in [2.05, 4.69) is 126 Å². The Labute approximate surface area is 291 Å². The standard InChI is InChI=1S/C46H26N4O/c1-2-11-29-23-31(20-17-27(29)9-1)44-48-45(32-21-22-40-38(25-32)43-36-15-7-8-16-39(36)47-26-41(43)51-40)50-46(49-44)37-24-30-19-18-28-10-3-4-12-33(28)42(30)35-14-6-5-13-34(35)37/h1-26H. The zero-order valence-corrected chi connectivity index (χ0v) is 27.2. The number of hydrogen-bond donors (Lipinski definition) is 0. The molecule has 0 fully saturated rings. The molecule has 236 valence electrons. The van der Waals surface area contributed by atoms with Gasteiger partial charge in [-0.2, -0.15) is 0 Å². The van der Waals surface area contributed by atoms with Crippen LogP contribution in [-0.4, -0.2) is 19.9 Å². The highest BCUT2D eigenvalue weighted by Gasteiger charge is 2.19. The fourth-order valence-electron chi connectivity index (χ4n) is 7.70. The van der Waals surface area contributed by atoms with Crippen LogP contribution in [-0.2, 0) is 0 Å². The van der Waals surface area contributed by atoms with Crippen molar-refractivity contribution in [3.63, 3.8) is 0 Å². The SMILES string of the molecule is c1ccc2cc(-c3nc(-c4ccc5oc6cnc7ccccc7c6c5c4)nc(-c4cc5ccc6ccccc6c5c5ccccc45)n3)ccc2c1. The van der Waals surface area contributed by atoms with Gasteiger partial charge < -0.3 is 4.42 Å². The monoisotopic (exact) mass is 650 g/mol. The van der Waals surface area contributed by atoms with Gasteiger partial charge in [-0.25, -0.2) is 15.0 Å². The molecule has 3 heterocycles. The van der Waals surface area contributed by atoms with E-state index in [0.29, 0.717) is 17.5 Å². The molecule has 0 atom stereocenters. The average molecular weight is 651 g/mol. The van der Waals surface area contributed by atoms with Gasteiger partial charge in [0.15, 0.2) is 23.1 Å². The molecule has 0 unspecified atom stereocenters. The first-order chi connectivity index (χ1) is 25.2. The van der Waals surface area contributed by atoms with Crippen molar-refractivity contribution in [2.24, 2.45) is 0 Å². The second-order valence-corrected chi connectivity index (χ2v) is 13.1. The van der Waals surface area contributed by atoms with Crippen molar-refractivity contribution in [2.45, 2.75) is 0 Å². The summed E-state index contributed by atoms with van der Waals surface area (Å²) in [7, 11) is 0. The van der Waals surface area contributed by atoms with Crippen molar-refractivity contribution in [3.8, 4) is 34.2 Å². The lowest BCUT2D eigenvalue weighted by Gasteiger charge is -2.14. The third-order valence-corrected chi connectivity index (χ3v) is 10.1. The minimum atomic E-state index is 0.598. The third-order valence-electron chi connectivity index (χ3n) is 10.1. The molecule has 0 amide bonds. The Hall–Kier alpha value is -6.98. The number of fused-ring (bicyclic) bond motifs is 11. The summed E-state index contributed by atoms with van der Waals surface area (Å²) >= 11 is 0. The first-order valence-corrected chi connectivity index (χ1v) is 17.0. The van der Waals surface area contributed by atoms with Crippen molar-refractivity contribution >= 4 is 75.9 Å². The maximum atomic E-state index is 6.28. The van der Waals surface area contributed by atoms with Crippen molar-refractivity contribution in [1.82, 2.24) is 19.9 Å². The van der Waals surface area contributed by atoms with Crippen LogP contribution < -0.4 is 0 Å². The number of rotatable bonds is 3. The molecule has 8 aromatic carbocycles. The first-order valence-electron chi connectivity index (χ1n) is 17.0. The second kappa shape index (κ2) is 10.8. The number of furan rings is 1. The highest BCUT2D eigenvalue weighted by molar-refractivity contribution is 6.23. The number of aromatic nitrogens is 4. The maximum absolute atomic E-state index is 6.28. The molecule has 0 aliphatic rings. The minimum Gasteiger partial charge on any atom is -0.454 e. The first kappa shape index (κ1) is 27.9. The molecule has 11 rings (SSSR count). The van der Waals surface area contributed by atoms with Crippen LogP contribution in [0, 0.1) is 0 Å². The Balaban J connectivity index is 1.20. The number of nitrogens with zero attached hydrogens (tertiary/aromatic N) is 4. The molecule has 11 aromatic rings. The largest absolute Gasteiger partial charge is 0.454 e. The summed E-state index contributed by atoms with van der Waals surface area (Å²) in [5.41, 5.74) is 5.25. The van der Waals surface area contributed by atoms with E-state index in [1.807, 2.05) is 36.5 Å². The van der Waals surface area contributed by atoms with Gasteiger partial charge in [-0.1, -0.05) is 115 Å². The molecule has 5 nitrogen and oxygen atoms in total. The normalized spacial score (nSPS) is 11.9. The lowest BCUT2D eigenvalue weighted by atomic mass is 9.93. The van der Waals surface area contributed by atoms with Crippen LogP contribution in [0.2, 0.25) is 0 Å². The second-order valence-electron chi connectivity index (χ2n) is 13.1. The van der Waals surface area contributed by atoms with Gasteiger partial charge in [0.25, 0.3) is 0 Å². The van der Waals surface area contributed by atoms with Gasteiger partial charge in [0, 0.05) is 32.8 Å². The van der Waals surface area contributed by atoms with Crippen LogP contribution in [0.25, 0.3) is 110 Å². The lowest BCUT2D eigenvalue weighted by molar-refractivity contribution is 0.667. The molecular weight excluding hydrogens is 625 g/mol. The predicted molar refractivity (Wildman–Crippen MR) is 209 cm³/mol. The van der Waals surface area contributed by atoms with Crippen LogP contribution in [0.5, 0.6) is 0 Å². The van der Waals surface area contributed by atoms with Crippen molar-refractivity contribution in [1.29, 1.82) is 0 Å². The van der Waals surface area contributed by atoms with E-state index in [-0.39, 0.29) is 0 Å². The Bertz CT molecular complexity index is 3220. The summed E-state index contributed by atoms with van der Waals surface area (Å²) < 4.78 is 6.28. The van der Waals surface area contributed by atoms with Crippen molar-refractivity contribution in [2.75, 3.05) is 0 Å². The van der Waals surface area contributed by atoms with Crippen LogP contribution in [0.3, 0.4) is 0 Å². The third kappa shape index (κ3) is 4.35. The Morgan fingerprint density at radius 2 is 1.00 bits per heavy atom. The molecule has 0 saturated heterocycles. The van der Waals surface area contributed by atoms with E-state index < -0.39 is 0 Å².